The number of carbonyl (C=O) groups excluding carboxylic acids is 1. The summed E-state index contributed by atoms with van der Waals surface area (Å²) in [5.74, 6) is -0.216. The lowest BCUT2D eigenvalue weighted by Crippen LogP contribution is -2.14. The number of amides is 1. The molecule has 1 amide bonds. The molecule has 0 unspecified atom stereocenters. The van der Waals surface area contributed by atoms with Crippen LogP contribution in [0.2, 0.25) is 10.2 Å². The Kier molecular flexibility index (Phi) is 4.08. The van der Waals surface area contributed by atoms with Crippen LogP contribution in [0.1, 0.15) is 21.6 Å². The lowest BCUT2D eigenvalue weighted by atomic mass is 10.1. The lowest BCUT2D eigenvalue weighted by molar-refractivity contribution is 0.102. The first-order valence-electron chi connectivity index (χ1n) is 5.68. The monoisotopic (exact) mass is 294 g/mol. The van der Waals surface area contributed by atoms with Gasteiger partial charge in [0.2, 0.25) is 0 Å². The van der Waals surface area contributed by atoms with Crippen molar-refractivity contribution in [2.24, 2.45) is 0 Å². The van der Waals surface area contributed by atoms with E-state index in [9.17, 15) is 4.79 Å². The van der Waals surface area contributed by atoms with Gasteiger partial charge in [0.1, 0.15) is 5.15 Å². The normalized spacial score (nSPS) is 10.3. The van der Waals surface area contributed by atoms with E-state index in [2.05, 4.69) is 10.3 Å². The van der Waals surface area contributed by atoms with Gasteiger partial charge in [-0.3, -0.25) is 4.79 Å². The van der Waals surface area contributed by atoms with Gasteiger partial charge in [0.15, 0.2) is 0 Å². The molecule has 0 bridgehead atoms. The number of nitrogens with one attached hydrogen (secondary N) is 1. The van der Waals surface area contributed by atoms with Crippen LogP contribution in [-0.2, 0) is 0 Å². The molecule has 3 nitrogen and oxygen atoms in total. The van der Waals surface area contributed by atoms with E-state index in [1.54, 1.807) is 31.2 Å². The molecule has 5 heteroatoms. The van der Waals surface area contributed by atoms with E-state index in [1.165, 1.54) is 0 Å². The van der Waals surface area contributed by atoms with Gasteiger partial charge in [0, 0.05) is 10.6 Å². The summed E-state index contributed by atoms with van der Waals surface area (Å²) in [5.41, 5.74) is 2.71. The summed E-state index contributed by atoms with van der Waals surface area (Å²) < 4.78 is 0. The third kappa shape index (κ3) is 3.25. The number of anilines is 1. The number of hydrogen-bond acceptors (Lipinski definition) is 2. The highest BCUT2D eigenvalue weighted by atomic mass is 35.5. The van der Waals surface area contributed by atoms with Gasteiger partial charge < -0.3 is 5.32 Å². The minimum absolute atomic E-state index is 0.216. The zero-order chi connectivity index (χ0) is 14.0. The highest BCUT2D eigenvalue weighted by Crippen LogP contribution is 2.19. The fraction of sp³-hybridized carbons (Fsp3) is 0.143. The van der Waals surface area contributed by atoms with Gasteiger partial charge in [0.25, 0.3) is 5.91 Å². The molecule has 1 heterocycles. The number of carbonyl (C=O) groups is 1. The van der Waals surface area contributed by atoms with Crippen molar-refractivity contribution in [3.8, 4) is 0 Å². The number of nitrogens with zero attached hydrogens (tertiary/aromatic N) is 1. The Hall–Kier alpha value is -1.58. The van der Waals surface area contributed by atoms with Crippen molar-refractivity contribution in [3.05, 3.63) is 57.3 Å². The summed E-state index contributed by atoms with van der Waals surface area (Å²) in [6.07, 6.45) is 0. The topological polar surface area (TPSA) is 42.0 Å². The summed E-state index contributed by atoms with van der Waals surface area (Å²) in [4.78, 5) is 16.3. The van der Waals surface area contributed by atoms with E-state index < -0.39 is 0 Å². The average Bonchev–Trinajstić information content (AvgIpc) is 2.35. The van der Waals surface area contributed by atoms with Crippen molar-refractivity contribution in [1.82, 2.24) is 4.98 Å². The standard InChI is InChI=1S/C14H12Cl2N2O/c1-8-3-4-10(15)7-11(8)14(19)18-12-5-6-13(16)17-9(12)2/h3-7H,1-2H3,(H,18,19). The predicted octanol–water partition coefficient (Wildman–Crippen LogP) is 4.26. The van der Waals surface area contributed by atoms with Crippen LogP contribution in [0.5, 0.6) is 0 Å². The first-order valence-corrected chi connectivity index (χ1v) is 6.43. The Bertz CT molecular complexity index is 641. The number of halogens is 2. The van der Waals surface area contributed by atoms with Crippen molar-refractivity contribution in [3.63, 3.8) is 0 Å². The zero-order valence-corrected chi connectivity index (χ0v) is 12.0. The van der Waals surface area contributed by atoms with Crippen LogP contribution in [0.15, 0.2) is 30.3 Å². The summed E-state index contributed by atoms with van der Waals surface area (Å²) in [7, 11) is 0. The minimum Gasteiger partial charge on any atom is -0.320 e. The van der Waals surface area contributed by atoms with Gasteiger partial charge in [-0.25, -0.2) is 4.98 Å². The van der Waals surface area contributed by atoms with Crippen molar-refractivity contribution in [2.75, 3.05) is 5.32 Å². The van der Waals surface area contributed by atoms with Gasteiger partial charge in [-0.2, -0.15) is 0 Å². The highest BCUT2D eigenvalue weighted by molar-refractivity contribution is 6.31. The Balaban J connectivity index is 2.28. The first-order chi connectivity index (χ1) is 8.97. The molecule has 2 rings (SSSR count). The van der Waals surface area contributed by atoms with Crippen molar-refractivity contribution < 1.29 is 4.79 Å². The molecule has 98 valence electrons. The maximum atomic E-state index is 12.2. The number of rotatable bonds is 2. The highest BCUT2D eigenvalue weighted by Gasteiger charge is 2.11. The molecule has 1 aromatic heterocycles. The summed E-state index contributed by atoms with van der Waals surface area (Å²) in [6, 6.07) is 8.56. The van der Waals surface area contributed by atoms with Gasteiger partial charge >= 0.3 is 0 Å². The molecule has 0 aliphatic carbocycles. The predicted molar refractivity (Wildman–Crippen MR) is 78.1 cm³/mol. The fourth-order valence-corrected chi connectivity index (χ4v) is 2.05. The zero-order valence-electron chi connectivity index (χ0n) is 10.5. The van der Waals surface area contributed by atoms with E-state index in [4.69, 9.17) is 23.2 Å². The second-order valence-corrected chi connectivity index (χ2v) is 5.00. The SMILES string of the molecule is Cc1ccc(Cl)cc1C(=O)Nc1ccc(Cl)nc1C. The molecular formula is C14H12Cl2N2O. The quantitative estimate of drug-likeness (QED) is 0.841. The fourth-order valence-electron chi connectivity index (χ4n) is 1.69. The molecule has 2 aromatic rings. The van der Waals surface area contributed by atoms with Crippen LogP contribution in [0.25, 0.3) is 0 Å². The first kappa shape index (κ1) is 13.8. The Labute approximate surface area is 121 Å². The summed E-state index contributed by atoms with van der Waals surface area (Å²) in [6.45, 7) is 3.64. The van der Waals surface area contributed by atoms with Crippen LogP contribution < -0.4 is 5.32 Å². The van der Waals surface area contributed by atoms with Crippen LogP contribution >= 0.6 is 23.2 Å². The molecule has 0 spiro atoms. The smallest absolute Gasteiger partial charge is 0.256 e. The number of pyridine rings is 1. The molecule has 0 saturated heterocycles. The lowest BCUT2D eigenvalue weighted by Gasteiger charge is -2.10. The van der Waals surface area contributed by atoms with E-state index >= 15 is 0 Å². The molecule has 0 saturated carbocycles. The number of benzene rings is 1. The number of aromatic nitrogens is 1. The second kappa shape index (κ2) is 5.59. The van der Waals surface area contributed by atoms with Crippen molar-refractivity contribution in [1.29, 1.82) is 0 Å². The van der Waals surface area contributed by atoms with Crippen LogP contribution in [0, 0.1) is 13.8 Å². The third-order valence-corrected chi connectivity index (χ3v) is 3.19. The van der Waals surface area contributed by atoms with Gasteiger partial charge in [-0.05, 0) is 43.7 Å². The van der Waals surface area contributed by atoms with E-state index in [0.29, 0.717) is 27.1 Å². The minimum atomic E-state index is -0.216. The molecule has 0 aliphatic rings. The summed E-state index contributed by atoms with van der Waals surface area (Å²) >= 11 is 11.7. The number of hydrogen-bond donors (Lipinski definition) is 1. The van der Waals surface area contributed by atoms with Crippen molar-refractivity contribution in [2.45, 2.75) is 13.8 Å². The molecule has 0 atom stereocenters. The molecule has 0 fully saturated rings. The maximum absolute atomic E-state index is 12.2. The Morgan fingerprint density at radius 3 is 2.58 bits per heavy atom. The van der Waals surface area contributed by atoms with E-state index in [1.807, 2.05) is 13.0 Å². The van der Waals surface area contributed by atoms with Crippen LogP contribution in [0.3, 0.4) is 0 Å². The van der Waals surface area contributed by atoms with Gasteiger partial charge in [-0.15, -0.1) is 0 Å². The summed E-state index contributed by atoms with van der Waals surface area (Å²) in [5, 5.41) is 3.73. The second-order valence-electron chi connectivity index (χ2n) is 4.18. The Morgan fingerprint density at radius 2 is 1.89 bits per heavy atom. The molecule has 0 aliphatic heterocycles. The van der Waals surface area contributed by atoms with Gasteiger partial charge in [0.05, 0.1) is 11.4 Å². The maximum Gasteiger partial charge on any atom is 0.256 e. The molecule has 0 radical (unpaired) electrons. The molecule has 1 aromatic carbocycles. The van der Waals surface area contributed by atoms with Gasteiger partial charge in [-0.1, -0.05) is 29.3 Å². The average molecular weight is 295 g/mol. The molecule has 1 N–H and O–H groups in total. The van der Waals surface area contributed by atoms with E-state index in [-0.39, 0.29) is 5.91 Å². The third-order valence-electron chi connectivity index (χ3n) is 2.74. The Morgan fingerprint density at radius 1 is 1.16 bits per heavy atom. The molecule has 19 heavy (non-hydrogen) atoms. The van der Waals surface area contributed by atoms with E-state index in [0.717, 1.165) is 5.56 Å². The number of aryl methyl sites for hydroxylation is 2. The van der Waals surface area contributed by atoms with Crippen LogP contribution in [0.4, 0.5) is 5.69 Å². The van der Waals surface area contributed by atoms with Crippen molar-refractivity contribution >= 4 is 34.8 Å². The van der Waals surface area contributed by atoms with Crippen LogP contribution in [-0.4, -0.2) is 10.9 Å². The molecular weight excluding hydrogens is 283 g/mol. The largest absolute Gasteiger partial charge is 0.320 e.